The summed E-state index contributed by atoms with van der Waals surface area (Å²) < 4.78 is 15.9. The van der Waals surface area contributed by atoms with Gasteiger partial charge in [0.05, 0.1) is 6.33 Å². The zero-order valence-electron chi connectivity index (χ0n) is 15.6. The van der Waals surface area contributed by atoms with Crippen LogP contribution in [0.25, 0.3) is 11.1 Å². The highest BCUT2D eigenvalue weighted by Crippen LogP contribution is 2.23. The normalized spacial score (nSPS) is 13.1. The van der Waals surface area contributed by atoms with E-state index in [9.17, 15) is 9.18 Å². The van der Waals surface area contributed by atoms with Crippen LogP contribution in [0.1, 0.15) is 30.6 Å². The number of halogens is 1. The van der Waals surface area contributed by atoms with Gasteiger partial charge < -0.3 is 9.88 Å². The molecule has 0 aliphatic carbocycles. The maximum atomic E-state index is 13.9. The summed E-state index contributed by atoms with van der Waals surface area (Å²) in [4.78, 5) is 16.8. The van der Waals surface area contributed by atoms with Gasteiger partial charge in [0.1, 0.15) is 5.82 Å². The Labute approximate surface area is 159 Å². The summed E-state index contributed by atoms with van der Waals surface area (Å²) in [6.45, 7) is 4.91. The first-order valence-corrected chi connectivity index (χ1v) is 9.20. The van der Waals surface area contributed by atoms with Crippen LogP contribution in [-0.2, 0) is 6.54 Å². The summed E-state index contributed by atoms with van der Waals surface area (Å²) >= 11 is 0. The minimum atomic E-state index is -0.271. The number of imidazole rings is 1. The van der Waals surface area contributed by atoms with Crippen LogP contribution in [-0.4, -0.2) is 21.5 Å². The molecule has 3 aromatic rings. The average Bonchev–Trinajstić information content (AvgIpc) is 3.20. The Kier molecular flexibility index (Phi) is 6.01. The summed E-state index contributed by atoms with van der Waals surface area (Å²) in [5.41, 5.74) is 1.85. The molecule has 0 bridgehead atoms. The fourth-order valence-electron chi connectivity index (χ4n) is 3.02. The average molecular weight is 365 g/mol. The van der Waals surface area contributed by atoms with Crippen molar-refractivity contribution >= 4 is 5.91 Å². The van der Waals surface area contributed by atoms with Crippen LogP contribution in [0.15, 0.2) is 67.3 Å². The van der Waals surface area contributed by atoms with E-state index < -0.39 is 0 Å². The van der Waals surface area contributed by atoms with E-state index in [4.69, 9.17) is 0 Å². The Bertz CT molecular complexity index is 875. The molecule has 2 aromatic carbocycles. The highest BCUT2D eigenvalue weighted by Gasteiger charge is 2.19. The number of carbonyl (C=O) groups is 1. The summed E-state index contributed by atoms with van der Waals surface area (Å²) in [6.07, 6.45) is 6.35. The van der Waals surface area contributed by atoms with Gasteiger partial charge in [0.25, 0.3) is 5.91 Å². The maximum Gasteiger partial charge on any atom is 0.251 e. The molecule has 140 valence electrons. The van der Waals surface area contributed by atoms with Crippen molar-refractivity contribution in [3.63, 3.8) is 0 Å². The largest absolute Gasteiger partial charge is 0.347 e. The van der Waals surface area contributed by atoms with Crippen LogP contribution in [0.2, 0.25) is 0 Å². The second kappa shape index (κ2) is 8.62. The number of hydrogen-bond donors (Lipinski definition) is 1. The molecule has 1 amide bonds. The lowest BCUT2D eigenvalue weighted by Gasteiger charge is -2.25. The summed E-state index contributed by atoms with van der Waals surface area (Å²) in [5, 5.41) is 3.13. The van der Waals surface area contributed by atoms with Crippen molar-refractivity contribution in [2.45, 2.75) is 32.9 Å². The van der Waals surface area contributed by atoms with Crippen LogP contribution in [0.5, 0.6) is 0 Å². The Balaban J connectivity index is 1.73. The molecular formula is C22H24FN3O. The van der Waals surface area contributed by atoms with Crippen LogP contribution in [0.4, 0.5) is 4.39 Å². The van der Waals surface area contributed by atoms with Crippen molar-refractivity contribution in [2.75, 3.05) is 0 Å². The van der Waals surface area contributed by atoms with E-state index in [1.54, 1.807) is 55.0 Å². The molecule has 1 heterocycles. The molecule has 0 saturated heterocycles. The van der Waals surface area contributed by atoms with Gasteiger partial charge in [-0.05, 0) is 29.7 Å². The SMILES string of the molecule is CC[C@H](C)[C@@H](Cn1ccnc1)NC(=O)c1ccc(-c2ccccc2F)cc1. The number of nitrogens with one attached hydrogen (secondary N) is 1. The number of amides is 1. The Morgan fingerprint density at radius 3 is 2.56 bits per heavy atom. The zero-order valence-corrected chi connectivity index (χ0v) is 15.6. The lowest BCUT2D eigenvalue weighted by Crippen LogP contribution is -2.42. The van der Waals surface area contributed by atoms with Gasteiger partial charge in [-0.15, -0.1) is 0 Å². The van der Waals surface area contributed by atoms with E-state index in [1.807, 2.05) is 10.8 Å². The number of benzene rings is 2. The van der Waals surface area contributed by atoms with Gasteiger partial charge in [0.15, 0.2) is 0 Å². The fraction of sp³-hybridized carbons (Fsp3) is 0.273. The van der Waals surface area contributed by atoms with Gasteiger partial charge in [-0.3, -0.25) is 4.79 Å². The quantitative estimate of drug-likeness (QED) is 0.668. The molecule has 0 spiro atoms. The Morgan fingerprint density at radius 1 is 1.19 bits per heavy atom. The lowest BCUT2D eigenvalue weighted by molar-refractivity contribution is 0.0917. The fourth-order valence-corrected chi connectivity index (χ4v) is 3.02. The minimum absolute atomic E-state index is 0.00273. The number of aromatic nitrogens is 2. The maximum absolute atomic E-state index is 13.9. The molecule has 0 aliphatic heterocycles. The third-order valence-electron chi connectivity index (χ3n) is 4.95. The topological polar surface area (TPSA) is 46.9 Å². The van der Waals surface area contributed by atoms with Crippen molar-refractivity contribution < 1.29 is 9.18 Å². The van der Waals surface area contributed by atoms with Gasteiger partial charge in [-0.2, -0.15) is 0 Å². The van der Waals surface area contributed by atoms with Gasteiger partial charge in [-0.25, -0.2) is 9.37 Å². The second-order valence-electron chi connectivity index (χ2n) is 6.78. The number of carbonyl (C=O) groups excluding carboxylic acids is 1. The predicted molar refractivity (Wildman–Crippen MR) is 105 cm³/mol. The molecule has 0 radical (unpaired) electrons. The molecule has 27 heavy (non-hydrogen) atoms. The Morgan fingerprint density at radius 2 is 1.93 bits per heavy atom. The molecule has 1 N–H and O–H groups in total. The molecule has 1 aromatic heterocycles. The van der Waals surface area contributed by atoms with Crippen LogP contribution >= 0.6 is 0 Å². The molecular weight excluding hydrogens is 341 g/mol. The predicted octanol–water partition coefficient (Wildman–Crippen LogP) is 4.53. The van der Waals surface area contributed by atoms with E-state index in [-0.39, 0.29) is 17.8 Å². The lowest BCUT2D eigenvalue weighted by atomic mass is 9.98. The zero-order chi connectivity index (χ0) is 19.2. The first-order chi connectivity index (χ1) is 13.1. The molecule has 3 rings (SSSR count). The van der Waals surface area contributed by atoms with Gasteiger partial charge in [0.2, 0.25) is 0 Å². The second-order valence-corrected chi connectivity index (χ2v) is 6.78. The van der Waals surface area contributed by atoms with Crippen molar-refractivity contribution in [3.05, 3.63) is 78.6 Å². The van der Waals surface area contributed by atoms with E-state index in [0.717, 1.165) is 12.0 Å². The van der Waals surface area contributed by atoms with E-state index in [2.05, 4.69) is 24.1 Å². The van der Waals surface area contributed by atoms with E-state index in [1.165, 1.54) is 6.07 Å². The third kappa shape index (κ3) is 4.61. The Hall–Kier alpha value is -2.95. The number of nitrogens with zero attached hydrogens (tertiary/aromatic N) is 2. The number of hydrogen-bond acceptors (Lipinski definition) is 2. The first-order valence-electron chi connectivity index (χ1n) is 9.20. The van der Waals surface area contributed by atoms with Crippen LogP contribution < -0.4 is 5.32 Å². The van der Waals surface area contributed by atoms with Gasteiger partial charge >= 0.3 is 0 Å². The monoisotopic (exact) mass is 365 g/mol. The van der Waals surface area contributed by atoms with Crippen molar-refractivity contribution in [2.24, 2.45) is 5.92 Å². The molecule has 4 nitrogen and oxygen atoms in total. The number of rotatable bonds is 7. The van der Waals surface area contributed by atoms with Gasteiger partial charge in [-0.1, -0.05) is 50.6 Å². The van der Waals surface area contributed by atoms with Gasteiger partial charge in [0, 0.05) is 36.1 Å². The molecule has 0 unspecified atom stereocenters. The van der Waals surface area contributed by atoms with Crippen molar-refractivity contribution in [1.29, 1.82) is 0 Å². The van der Waals surface area contributed by atoms with Crippen molar-refractivity contribution in [3.8, 4) is 11.1 Å². The highest BCUT2D eigenvalue weighted by molar-refractivity contribution is 5.94. The van der Waals surface area contributed by atoms with Crippen LogP contribution in [0, 0.1) is 11.7 Å². The first kappa shape index (κ1) is 18.8. The van der Waals surface area contributed by atoms with E-state index >= 15 is 0 Å². The third-order valence-corrected chi connectivity index (χ3v) is 4.95. The molecule has 0 fully saturated rings. The smallest absolute Gasteiger partial charge is 0.251 e. The van der Waals surface area contributed by atoms with Crippen molar-refractivity contribution in [1.82, 2.24) is 14.9 Å². The summed E-state index contributed by atoms with van der Waals surface area (Å²) in [7, 11) is 0. The van der Waals surface area contributed by atoms with E-state index in [0.29, 0.717) is 23.6 Å². The highest BCUT2D eigenvalue weighted by atomic mass is 19.1. The molecule has 2 atom stereocenters. The molecule has 5 heteroatoms. The summed E-state index contributed by atoms with van der Waals surface area (Å²) in [6, 6.07) is 13.7. The minimum Gasteiger partial charge on any atom is -0.347 e. The molecule has 0 saturated carbocycles. The molecule has 0 aliphatic rings. The van der Waals surface area contributed by atoms with Crippen LogP contribution in [0.3, 0.4) is 0 Å². The standard InChI is InChI=1S/C22H24FN3O/c1-3-16(2)21(14-26-13-12-24-15-26)25-22(27)18-10-8-17(9-11-18)19-6-4-5-7-20(19)23/h4-13,15-16,21H,3,14H2,1-2H3,(H,25,27)/t16-,21+/m0/s1. The summed E-state index contributed by atoms with van der Waals surface area (Å²) in [5.74, 6) is -0.0681.